The molecule has 0 unspecified atom stereocenters. The number of carbonyl (C=O) groups is 3. The molecule has 0 bridgehead atoms. The number of allylic oxidation sites excluding steroid dienone is 1. The predicted molar refractivity (Wildman–Crippen MR) is 122 cm³/mol. The van der Waals surface area contributed by atoms with E-state index in [0.29, 0.717) is 11.1 Å². The molecule has 158 valence electrons. The number of nitrogens with zero attached hydrogens (tertiary/aromatic N) is 1. The van der Waals surface area contributed by atoms with E-state index in [1.165, 1.54) is 18.7 Å². The summed E-state index contributed by atoms with van der Waals surface area (Å²) in [5.41, 5.74) is 8.56. The number of carbonyl (C=O) groups excluding carboxylic acids is 3. The average Bonchev–Trinajstić information content (AvgIpc) is 2.80. The van der Waals surface area contributed by atoms with Gasteiger partial charge in [-0.05, 0) is 29.5 Å². The lowest BCUT2D eigenvalue weighted by Crippen LogP contribution is -2.18. The number of nitriles is 1. The van der Waals surface area contributed by atoms with Gasteiger partial charge in [-0.1, -0.05) is 48.5 Å². The van der Waals surface area contributed by atoms with Gasteiger partial charge in [0.25, 0.3) is 0 Å². The summed E-state index contributed by atoms with van der Waals surface area (Å²) >= 11 is 1.27. The van der Waals surface area contributed by atoms with Crippen LogP contribution in [0.15, 0.2) is 70.8 Å². The van der Waals surface area contributed by atoms with E-state index in [4.69, 9.17) is 15.7 Å². The summed E-state index contributed by atoms with van der Waals surface area (Å²) < 4.78 is 5.01. The van der Waals surface area contributed by atoms with E-state index in [-0.39, 0.29) is 22.8 Å². The van der Waals surface area contributed by atoms with E-state index >= 15 is 0 Å². The lowest BCUT2D eigenvalue weighted by atomic mass is 9.83. The Bertz CT molecular complexity index is 1360. The lowest BCUT2D eigenvalue weighted by molar-refractivity contribution is -0.144. The molecule has 1 aliphatic rings. The quantitative estimate of drug-likeness (QED) is 0.208. The van der Waals surface area contributed by atoms with E-state index in [1.54, 1.807) is 6.07 Å². The largest absolute Gasteiger partial charge is 0.457 e. The Hall–Kier alpha value is -3.89. The summed E-state index contributed by atoms with van der Waals surface area (Å²) in [7, 11) is 0. The number of ketones is 2. The zero-order valence-corrected chi connectivity index (χ0v) is 18.0. The van der Waals surface area contributed by atoms with Gasteiger partial charge in [0.05, 0.1) is 5.75 Å². The third kappa shape index (κ3) is 3.77. The maximum Gasteiger partial charge on any atom is 0.316 e. The minimum atomic E-state index is -0.635. The molecule has 0 atom stereocenters. The van der Waals surface area contributed by atoms with Gasteiger partial charge in [0, 0.05) is 27.1 Å². The topological polar surface area (TPSA) is 110 Å². The molecule has 0 radical (unpaired) electrons. The molecule has 0 amide bonds. The molecule has 0 saturated carbocycles. The Morgan fingerprint density at radius 3 is 2.44 bits per heavy atom. The third-order valence-electron chi connectivity index (χ3n) is 5.20. The fourth-order valence-corrected chi connectivity index (χ4v) is 4.59. The zero-order chi connectivity index (χ0) is 22.8. The molecule has 2 N–H and O–H groups in total. The van der Waals surface area contributed by atoms with Gasteiger partial charge in [0.1, 0.15) is 11.6 Å². The first-order valence-electron chi connectivity index (χ1n) is 9.80. The number of benzene rings is 3. The van der Waals surface area contributed by atoms with Crippen LogP contribution in [0.3, 0.4) is 0 Å². The fourth-order valence-electron chi connectivity index (χ4n) is 3.75. The van der Waals surface area contributed by atoms with Crippen molar-refractivity contribution in [1.82, 2.24) is 0 Å². The number of fused-ring (bicyclic) bond motifs is 2. The van der Waals surface area contributed by atoms with Gasteiger partial charge in [-0.15, -0.1) is 11.8 Å². The van der Waals surface area contributed by atoms with Gasteiger partial charge < -0.3 is 10.5 Å². The van der Waals surface area contributed by atoms with Crippen molar-refractivity contribution in [2.75, 3.05) is 12.4 Å². The van der Waals surface area contributed by atoms with Gasteiger partial charge >= 0.3 is 5.97 Å². The average molecular weight is 442 g/mol. The molecule has 6 nitrogen and oxygen atoms in total. The Kier molecular flexibility index (Phi) is 5.80. The van der Waals surface area contributed by atoms with Crippen molar-refractivity contribution in [3.63, 3.8) is 0 Å². The SMILES string of the molecule is C/C(N)=C(/C#N)C(=O)COC(=O)CSc1ccc2c3c(cccc13)C(=O)c1ccccc1-2. The fraction of sp³-hybridized carbons (Fsp3) is 0.120. The van der Waals surface area contributed by atoms with Crippen LogP contribution in [0.1, 0.15) is 22.8 Å². The van der Waals surface area contributed by atoms with Gasteiger partial charge in [0.15, 0.2) is 12.4 Å². The van der Waals surface area contributed by atoms with Crippen LogP contribution < -0.4 is 5.73 Å². The molecule has 3 aromatic carbocycles. The van der Waals surface area contributed by atoms with Crippen molar-refractivity contribution in [2.24, 2.45) is 5.73 Å². The summed E-state index contributed by atoms with van der Waals surface area (Å²) in [5, 5.41) is 10.7. The van der Waals surface area contributed by atoms with E-state index in [1.807, 2.05) is 54.6 Å². The molecule has 0 saturated heterocycles. The van der Waals surface area contributed by atoms with Crippen LogP contribution in [-0.4, -0.2) is 29.9 Å². The van der Waals surface area contributed by atoms with Crippen molar-refractivity contribution < 1.29 is 19.1 Å². The maximum atomic E-state index is 13.0. The summed E-state index contributed by atoms with van der Waals surface area (Å²) in [4.78, 5) is 37.9. The Morgan fingerprint density at radius 1 is 1.00 bits per heavy atom. The van der Waals surface area contributed by atoms with E-state index in [9.17, 15) is 14.4 Å². The lowest BCUT2D eigenvalue weighted by Gasteiger charge is -2.21. The van der Waals surface area contributed by atoms with Crippen LogP contribution in [0.2, 0.25) is 0 Å². The molecule has 0 fully saturated rings. The van der Waals surface area contributed by atoms with Crippen molar-refractivity contribution in [3.8, 4) is 17.2 Å². The second-order valence-electron chi connectivity index (χ2n) is 7.26. The number of ether oxygens (including phenoxy) is 1. The van der Waals surface area contributed by atoms with E-state index in [0.717, 1.165) is 26.8 Å². The summed E-state index contributed by atoms with van der Waals surface area (Å²) in [5.74, 6) is -1.26. The van der Waals surface area contributed by atoms with Gasteiger partial charge in [-0.25, -0.2) is 0 Å². The van der Waals surface area contributed by atoms with Crippen LogP contribution in [0.25, 0.3) is 21.9 Å². The molecule has 0 spiro atoms. The molecule has 7 heteroatoms. The van der Waals surface area contributed by atoms with E-state index < -0.39 is 18.4 Å². The van der Waals surface area contributed by atoms with Crippen LogP contribution in [0, 0.1) is 11.3 Å². The number of hydrogen-bond donors (Lipinski definition) is 1. The molecule has 4 rings (SSSR count). The highest BCUT2D eigenvalue weighted by Gasteiger charge is 2.25. The summed E-state index contributed by atoms with van der Waals surface area (Å²) in [6, 6.07) is 18.7. The number of hydrogen-bond acceptors (Lipinski definition) is 7. The number of nitrogens with two attached hydrogens (primary N) is 1. The van der Waals surface area contributed by atoms with Crippen molar-refractivity contribution in [3.05, 3.63) is 77.0 Å². The van der Waals surface area contributed by atoms with Gasteiger partial charge in [-0.2, -0.15) is 5.26 Å². The second kappa shape index (κ2) is 8.69. The second-order valence-corrected chi connectivity index (χ2v) is 8.27. The van der Waals surface area contributed by atoms with Crippen LogP contribution in [-0.2, 0) is 14.3 Å². The highest BCUT2D eigenvalue weighted by atomic mass is 32.2. The Balaban J connectivity index is 1.55. The number of rotatable bonds is 6. The molecular formula is C25H18N2O4S. The summed E-state index contributed by atoms with van der Waals surface area (Å²) in [6.45, 7) is 0.904. The molecule has 0 aromatic heterocycles. The smallest absolute Gasteiger partial charge is 0.316 e. The molecule has 3 aromatic rings. The minimum Gasteiger partial charge on any atom is -0.457 e. The monoisotopic (exact) mass is 442 g/mol. The third-order valence-corrected chi connectivity index (χ3v) is 6.25. The zero-order valence-electron chi connectivity index (χ0n) is 17.2. The van der Waals surface area contributed by atoms with Crippen molar-refractivity contribution >= 4 is 40.1 Å². The number of esters is 1. The molecule has 32 heavy (non-hydrogen) atoms. The maximum absolute atomic E-state index is 13.0. The predicted octanol–water partition coefficient (Wildman–Crippen LogP) is 4.01. The van der Waals surface area contributed by atoms with Crippen molar-refractivity contribution in [2.45, 2.75) is 11.8 Å². The first kappa shape index (κ1) is 21.3. The van der Waals surface area contributed by atoms with Gasteiger partial charge in [-0.3, -0.25) is 14.4 Å². The minimum absolute atomic E-state index is 0.0182. The standard InChI is InChI=1S/C25H18N2O4S/c1-14(27)20(11-26)21(28)12-31-23(29)13-32-22-10-9-16-15-5-2-3-6-17(15)25(30)19-8-4-7-18(22)24(16)19/h2-10H,12-13,27H2,1H3/b20-14+. The van der Waals surface area contributed by atoms with Crippen LogP contribution in [0.4, 0.5) is 0 Å². The van der Waals surface area contributed by atoms with Crippen LogP contribution in [0.5, 0.6) is 0 Å². The summed E-state index contributed by atoms with van der Waals surface area (Å²) in [6.07, 6.45) is 0. The molecular weight excluding hydrogens is 424 g/mol. The van der Waals surface area contributed by atoms with Gasteiger partial charge in [0.2, 0.25) is 5.78 Å². The molecule has 0 aliphatic heterocycles. The Morgan fingerprint density at radius 2 is 1.72 bits per heavy atom. The van der Waals surface area contributed by atoms with Crippen LogP contribution >= 0.6 is 11.8 Å². The Labute approximate surface area is 188 Å². The highest BCUT2D eigenvalue weighted by Crippen LogP contribution is 2.42. The first-order valence-corrected chi connectivity index (χ1v) is 10.8. The number of thioether (sulfide) groups is 1. The van der Waals surface area contributed by atoms with Crippen molar-refractivity contribution in [1.29, 1.82) is 5.26 Å². The van der Waals surface area contributed by atoms with E-state index in [2.05, 4.69) is 0 Å². The number of Topliss-reactive ketones (excluding diaryl/α,β-unsaturated/α-hetero) is 1. The highest BCUT2D eigenvalue weighted by molar-refractivity contribution is 8.00. The first-order chi connectivity index (χ1) is 15.4. The molecule has 0 heterocycles. The normalized spacial score (nSPS) is 12.6. The molecule has 1 aliphatic carbocycles.